The number of nitrogens with one attached hydrogen (secondary N) is 1. The molecule has 2 atom stereocenters. The quantitative estimate of drug-likeness (QED) is 0.633. The van der Waals surface area contributed by atoms with Crippen LogP contribution in [0.4, 0.5) is 0 Å². The van der Waals surface area contributed by atoms with Crippen LogP contribution in [0, 0.1) is 5.92 Å². The molecule has 20 heavy (non-hydrogen) atoms. The zero-order chi connectivity index (χ0) is 14.1. The number of halogens is 1. The lowest BCUT2D eigenvalue weighted by atomic mass is 10.0. The number of hydrogen-bond donors (Lipinski definition) is 2. The summed E-state index contributed by atoms with van der Waals surface area (Å²) in [5.74, 6) is 7.07. The van der Waals surface area contributed by atoms with E-state index in [9.17, 15) is 0 Å². The van der Waals surface area contributed by atoms with Gasteiger partial charge < -0.3 is 9.15 Å². The fourth-order valence-corrected chi connectivity index (χ4v) is 2.88. The summed E-state index contributed by atoms with van der Waals surface area (Å²) < 4.78 is 11.8. The molecule has 5 heteroatoms. The second-order valence-electron chi connectivity index (χ2n) is 5.21. The molecule has 3 rings (SSSR count). The summed E-state index contributed by atoms with van der Waals surface area (Å²) in [5, 5.41) is 1.60. The van der Waals surface area contributed by atoms with E-state index >= 15 is 0 Å². The van der Waals surface area contributed by atoms with Crippen molar-refractivity contribution in [3.8, 4) is 0 Å². The Bertz CT molecular complexity index is 595. The van der Waals surface area contributed by atoms with Crippen LogP contribution in [0.2, 0.25) is 5.02 Å². The van der Waals surface area contributed by atoms with Crippen molar-refractivity contribution in [2.75, 3.05) is 6.61 Å². The van der Waals surface area contributed by atoms with Crippen molar-refractivity contribution in [2.24, 2.45) is 11.8 Å². The van der Waals surface area contributed by atoms with Gasteiger partial charge in [0.15, 0.2) is 5.58 Å². The normalized spacial score (nSPS) is 18.4. The SMILES string of the molecule is CCOC(C1CC1)C(NN)c1cc2cccc(Cl)c2o1. The first-order chi connectivity index (χ1) is 9.74. The zero-order valence-electron chi connectivity index (χ0n) is 11.4. The smallest absolute Gasteiger partial charge is 0.152 e. The minimum Gasteiger partial charge on any atom is -0.458 e. The molecule has 1 aromatic carbocycles. The third-order valence-corrected chi connectivity index (χ3v) is 4.07. The van der Waals surface area contributed by atoms with Gasteiger partial charge in [0, 0.05) is 12.0 Å². The summed E-state index contributed by atoms with van der Waals surface area (Å²) >= 11 is 6.16. The molecule has 108 valence electrons. The van der Waals surface area contributed by atoms with Gasteiger partial charge in [-0.25, -0.2) is 5.43 Å². The van der Waals surface area contributed by atoms with E-state index in [1.165, 1.54) is 12.8 Å². The van der Waals surface area contributed by atoms with Gasteiger partial charge in [0.05, 0.1) is 11.1 Å². The molecule has 4 nitrogen and oxygen atoms in total. The van der Waals surface area contributed by atoms with Crippen LogP contribution in [0.15, 0.2) is 28.7 Å². The number of rotatable bonds is 6. The predicted octanol–water partition coefficient (Wildman–Crippen LogP) is 3.41. The maximum absolute atomic E-state index is 6.16. The minimum absolute atomic E-state index is 0.0457. The molecule has 1 heterocycles. The van der Waals surface area contributed by atoms with Gasteiger partial charge >= 0.3 is 0 Å². The highest BCUT2D eigenvalue weighted by Crippen LogP contribution is 2.41. The number of benzene rings is 1. The Morgan fingerprint density at radius 3 is 2.90 bits per heavy atom. The van der Waals surface area contributed by atoms with Crippen molar-refractivity contribution < 1.29 is 9.15 Å². The lowest BCUT2D eigenvalue weighted by molar-refractivity contribution is 0.0135. The molecule has 0 bridgehead atoms. The van der Waals surface area contributed by atoms with Gasteiger partial charge in [0.1, 0.15) is 11.8 Å². The van der Waals surface area contributed by atoms with Gasteiger partial charge in [0.2, 0.25) is 0 Å². The van der Waals surface area contributed by atoms with Gasteiger partial charge in [-0.2, -0.15) is 0 Å². The van der Waals surface area contributed by atoms with Gasteiger partial charge in [-0.15, -0.1) is 0 Å². The van der Waals surface area contributed by atoms with Crippen LogP contribution in [0.3, 0.4) is 0 Å². The maximum atomic E-state index is 6.16. The summed E-state index contributed by atoms with van der Waals surface area (Å²) in [7, 11) is 0. The maximum Gasteiger partial charge on any atom is 0.152 e. The Hall–Kier alpha value is -1.07. The topological polar surface area (TPSA) is 60.4 Å². The molecule has 0 amide bonds. The Morgan fingerprint density at radius 2 is 2.30 bits per heavy atom. The van der Waals surface area contributed by atoms with Crippen LogP contribution >= 0.6 is 11.6 Å². The number of para-hydroxylation sites is 1. The van der Waals surface area contributed by atoms with E-state index in [2.05, 4.69) is 5.43 Å². The number of nitrogens with two attached hydrogens (primary N) is 1. The third-order valence-electron chi connectivity index (χ3n) is 3.78. The van der Waals surface area contributed by atoms with Crippen LogP contribution in [0.25, 0.3) is 11.0 Å². The van der Waals surface area contributed by atoms with Crippen molar-refractivity contribution >= 4 is 22.6 Å². The van der Waals surface area contributed by atoms with Crippen molar-refractivity contribution in [3.63, 3.8) is 0 Å². The number of ether oxygens (including phenoxy) is 1. The van der Waals surface area contributed by atoms with Gasteiger partial charge in [0.25, 0.3) is 0 Å². The van der Waals surface area contributed by atoms with Gasteiger partial charge in [-0.05, 0) is 37.8 Å². The molecule has 1 aromatic heterocycles. The van der Waals surface area contributed by atoms with Crippen molar-refractivity contribution in [1.82, 2.24) is 5.43 Å². The summed E-state index contributed by atoms with van der Waals surface area (Å²) in [6, 6.07) is 7.55. The molecule has 2 unspecified atom stereocenters. The zero-order valence-corrected chi connectivity index (χ0v) is 12.2. The van der Waals surface area contributed by atoms with E-state index in [1.807, 2.05) is 31.2 Å². The molecule has 1 aliphatic rings. The fourth-order valence-electron chi connectivity index (χ4n) is 2.66. The van der Waals surface area contributed by atoms with Gasteiger partial charge in [-0.3, -0.25) is 5.84 Å². The summed E-state index contributed by atoms with van der Waals surface area (Å²) in [4.78, 5) is 0. The lowest BCUT2D eigenvalue weighted by Crippen LogP contribution is -2.39. The van der Waals surface area contributed by atoms with E-state index in [4.69, 9.17) is 26.6 Å². The molecular weight excluding hydrogens is 276 g/mol. The average Bonchev–Trinajstić information content (AvgIpc) is 3.19. The molecule has 1 aliphatic carbocycles. The van der Waals surface area contributed by atoms with Crippen molar-refractivity contribution in [3.05, 3.63) is 35.0 Å². The monoisotopic (exact) mass is 294 g/mol. The lowest BCUT2D eigenvalue weighted by Gasteiger charge is -2.24. The van der Waals surface area contributed by atoms with Crippen LogP contribution in [-0.4, -0.2) is 12.7 Å². The van der Waals surface area contributed by atoms with Crippen LogP contribution < -0.4 is 11.3 Å². The summed E-state index contributed by atoms with van der Waals surface area (Å²) in [5.41, 5.74) is 3.55. The molecule has 0 radical (unpaired) electrons. The van der Waals surface area contributed by atoms with Gasteiger partial charge in [-0.1, -0.05) is 23.7 Å². The Labute approximate surface area is 123 Å². The summed E-state index contributed by atoms with van der Waals surface area (Å²) in [6.45, 7) is 2.67. The number of fused-ring (bicyclic) bond motifs is 1. The first-order valence-corrected chi connectivity index (χ1v) is 7.38. The molecule has 2 aromatic rings. The molecule has 0 spiro atoms. The van der Waals surface area contributed by atoms with Crippen LogP contribution in [-0.2, 0) is 4.74 Å². The largest absolute Gasteiger partial charge is 0.458 e. The first kappa shape index (κ1) is 13.9. The van der Waals surface area contributed by atoms with E-state index in [0.29, 0.717) is 23.1 Å². The molecular formula is C15H19ClN2O2. The number of hydrogen-bond acceptors (Lipinski definition) is 4. The third kappa shape index (κ3) is 2.56. The Balaban J connectivity index is 1.95. The fraction of sp³-hybridized carbons (Fsp3) is 0.467. The molecule has 0 saturated heterocycles. The van der Waals surface area contributed by atoms with Crippen molar-refractivity contribution in [2.45, 2.75) is 31.9 Å². The number of furan rings is 1. The molecule has 3 N–H and O–H groups in total. The standard InChI is InChI=1S/C15H19ClN2O2/c1-2-19-15(9-6-7-9)13(18-17)12-8-10-4-3-5-11(16)14(10)20-12/h3-5,8-9,13,15,18H,2,6-7,17H2,1H3. The second-order valence-corrected chi connectivity index (χ2v) is 5.62. The molecule has 1 saturated carbocycles. The highest BCUT2D eigenvalue weighted by Gasteiger charge is 2.39. The highest BCUT2D eigenvalue weighted by atomic mass is 35.5. The molecule has 0 aliphatic heterocycles. The molecule has 1 fully saturated rings. The van der Waals surface area contributed by atoms with E-state index in [0.717, 1.165) is 11.1 Å². The Morgan fingerprint density at radius 1 is 1.50 bits per heavy atom. The van der Waals surface area contributed by atoms with Crippen LogP contribution in [0.5, 0.6) is 0 Å². The number of hydrazine groups is 1. The predicted molar refractivity (Wildman–Crippen MR) is 79.4 cm³/mol. The van der Waals surface area contributed by atoms with Crippen LogP contribution in [0.1, 0.15) is 31.6 Å². The first-order valence-electron chi connectivity index (χ1n) is 7.00. The summed E-state index contributed by atoms with van der Waals surface area (Å²) in [6.07, 6.45) is 2.41. The van der Waals surface area contributed by atoms with Crippen molar-refractivity contribution in [1.29, 1.82) is 0 Å². The average molecular weight is 295 g/mol. The second kappa shape index (κ2) is 5.74. The van der Waals surface area contributed by atoms with E-state index in [1.54, 1.807) is 0 Å². The Kier molecular flexibility index (Phi) is 3.98. The van der Waals surface area contributed by atoms with E-state index in [-0.39, 0.29) is 12.1 Å². The minimum atomic E-state index is -0.147. The highest BCUT2D eigenvalue weighted by molar-refractivity contribution is 6.34. The van der Waals surface area contributed by atoms with E-state index < -0.39 is 0 Å².